The van der Waals surface area contributed by atoms with Crippen molar-refractivity contribution in [1.82, 2.24) is 20.4 Å². The molecule has 8 nitrogen and oxygen atoms in total. The Morgan fingerprint density at radius 3 is 2.73 bits per heavy atom. The van der Waals surface area contributed by atoms with Crippen LogP contribution in [0.3, 0.4) is 0 Å². The van der Waals surface area contributed by atoms with Crippen molar-refractivity contribution in [2.75, 3.05) is 13.2 Å². The van der Waals surface area contributed by atoms with E-state index < -0.39 is 0 Å². The van der Waals surface area contributed by atoms with Gasteiger partial charge in [-0.25, -0.2) is 0 Å². The SMILES string of the molecule is CC(C)NCCOc1ccc2c(c1)CN(C(=O)c1cc3c(COC(C)C)[nH]nc3cc1O)C2. The molecule has 4 rings (SSSR count). The van der Waals surface area contributed by atoms with E-state index >= 15 is 0 Å². The molecule has 1 aliphatic rings. The summed E-state index contributed by atoms with van der Waals surface area (Å²) in [6, 6.07) is 9.60. The number of nitrogens with one attached hydrogen (secondary N) is 2. The van der Waals surface area contributed by atoms with Crippen molar-refractivity contribution in [2.24, 2.45) is 0 Å². The van der Waals surface area contributed by atoms with Gasteiger partial charge in [0.1, 0.15) is 18.1 Å². The zero-order chi connectivity index (χ0) is 23.5. The molecule has 1 aromatic heterocycles. The summed E-state index contributed by atoms with van der Waals surface area (Å²) in [5, 5.41) is 21.8. The van der Waals surface area contributed by atoms with Gasteiger partial charge in [0.05, 0.1) is 29.5 Å². The van der Waals surface area contributed by atoms with E-state index in [1.54, 1.807) is 11.0 Å². The fourth-order valence-electron chi connectivity index (χ4n) is 3.92. The average Bonchev–Trinajstić information content (AvgIpc) is 3.37. The Morgan fingerprint density at radius 2 is 1.97 bits per heavy atom. The molecular formula is C25H32N4O4. The number of carbonyl (C=O) groups excluding carboxylic acids is 1. The van der Waals surface area contributed by atoms with Crippen LogP contribution < -0.4 is 10.1 Å². The van der Waals surface area contributed by atoms with Crippen LogP contribution in [-0.4, -0.2) is 51.4 Å². The molecule has 0 aliphatic carbocycles. The average molecular weight is 453 g/mol. The lowest BCUT2D eigenvalue weighted by molar-refractivity contribution is 0.0642. The molecule has 2 heterocycles. The highest BCUT2D eigenvalue weighted by Gasteiger charge is 2.27. The first-order chi connectivity index (χ1) is 15.8. The molecule has 0 saturated heterocycles. The van der Waals surface area contributed by atoms with E-state index in [4.69, 9.17) is 9.47 Å². The minimum Gasteiger partial charge on any atom is -0.507 e. The van der Waals surface area contributed by atoms with Gasteiger partial charge in [-0.3, -0.25) is 9.89 Å². The summed E-state index contributed by atoms with van der Waals surface area (Å²) in [7, 11) is 0. The molecule has 3 aromatic rings. The lowest BCUT2D eigenvalue weighted by atomic mass is 10.1. The summed E-state index contributed by atoms with van der Waals surface area (Å²) in [5.74, 6) is 0.505. The van der Waals surface area contributed by atoms with Gasteiger partial charge in [-0.1, -0.05) is 19.9 Å². The number of H-pyrrole nitrogens is 1. The second-order valence-corrected chi connectivity index (χ2v) is 9.00. The summed E-state index contributed by atoms with van der Waals surface area (Å²) in [6.45, 7) is 10.8. The molecule has 0 spiro atoms. The van der Waals surface area contributed by atoms with Crippen molar-refractivity contribution in [3.05, 3.63) is 52.7 Å². The summed E-state index contributed by atoms with van der Waals surface area (Å²) in [6.07, 6.45) is 0.0741. The molecule has 0 bridgehead atoms. The fraction of sp³-hybridized carbons (Fsp3) is 0.440. The summed E-state index contributed by atoms with van der Waals surface area (Å²) in [5.41, 5.74) is 3.80. The standard InChI is InChI=1S/C25H32N4O4/c1-15(2)26-7-8-32-19-6-5-17-12-29(13-18(17)9-19)25(31)21-10-20-22(11-24(21)30)27-28-23(20)14-33-16(3)4/h5-6,9-11,15-16,26,30H,7-8,12-14H2,1-4H3,(H,27,28). The number of amides is 1. The van der Waals surface area contributed by atoms with Crippen LogP contribution in [0, 0.1) is 0 Å². The van der Waals surface area contributed by atoms with E-state index in [1.165, 1.54) is 6.07 Å². The highest BCUT2D eigenvalue weighted by molar-refractivity contribution is 6.01. The maximum atomic E-state index is 13.3. The number of aromatic amines is 1. The van der Waals surface area contributed by atoms with Crippen LogP contribution in [0.25, 0.3) is 10.9 Å². The van der Waals surface area contributed by atoms with Gasteiger partial charge in [-0.05, 0) is 43.2 Å². The minimum atomic E-state index is -0.217. The normalized spacial score (nSPS) is 13.3. The van der Waals surface area contributed by atoms with E-state index in [9.17, 15) is 9.90 Å². The van der Waals surface area contributed by atoms with Gasteiger partial charge in [0.25, 0.3) is 5.91 Å². The number of rotatable bonds is 9. The Morgan fingerprint density at radius 1 is 1.18 bits per heavy atom. The summed E-state index contributed by atoms with van der Waals surface area (Å²) < 4.78 is 11.5. The second kappa shape index (κ2) is 9.80. The highest BCUT2D eigenvalue weighted by atomic mass is 16.5. The Balaban J connectivity index is 1.47. The molecule has 3 N–H and O–H groups in total. The zero-order valence-electron chi connectivity index (χ0n) is 19.6. The lowest BCUT2D eigenvalue weighted by Gasteiger charge is -2.16. The first kappa shape index (κ1) is 23.1. The number of benzene rings is 2. The number of ether oxygens (including phenoxy) is 2. The van der Waals surface area contributed by atoms with Crippen molar-refractivity contribution in [1.29, 1.82) is 0 Å². The van der Waals surface area contributed by atoms with Crippen LogP contribution in [-0.2, 0) is 24.4 Å². The van der Waals surface area contributed by atoms with Gasteiger partial charge in [-0.15, -0.1) is 0 Å². The number of aromatic hydroxyl groups is 1. The third kappa shape index (κ3) is 5.29. The molecule has 8 heteroatoms. The van der Waals surface area contributed by atoms with Crippen molar-refractivity contribution in [3.63, 3.8) is 0 Å². The fourth-order valence-corrected chi connectivity index (χ4v) is 3.92. The minimum absolute atomic E-state index is 0.0741. The molecule has 0 fully saturated rings. The van der Waals surface area contributed by atoms with E-state index in [2.05, 4.69) is 29.4 Å². The largest absolute Gasteiger partial charge is 0.507 e. The van der Waals surface area contributed by atoms with E-state index in [1.807, 2.05) is 32.0 Å². The number of phenolic OH excluding ortho intramolecular Hbond substituents is 1. The van der Waals surface area contributed by atoms with E-state index in [-0.39, 0.29) is 23.3 Å². The number of fused-ring (bicyclic) bond motifs is 2. The number of nitrogens with zero attached hydrogens (tertiary/aromatic N) is 2. The van der Waals surface area contributed by atoms with Gasteiger partial charge in [0.15, 0.2) is 0 Å². The van der Waals surface area contributed by atoms with Gasteiger partial charge in [0, 0.05) is 37.1 Å². The number of phenols is 1. The zero-order valence-corrected chi connectivity index (χ0v) is 19.6. The van der Waals surface area contributed by atoms with Crippen molar-refractivity contribution >= 4 is 16.8 Å². The molecular weight excluding hydrogens is 420 g/mol. The van der Waals surface area contributed by atoms with Crippen LogP contribution in [0.2, 0.25) is 0 Å². The van der Waals surface area contributed by atoms with Gasteiger partial charge in [-0.2, -0.15) is 5.10 Å². The van der Waals surface area contributed by atoms with Crippen LogP contribution in [0.15, 0.2) is 30.3 Å². The molecule has 0 radical (unpaired) electrons. The van der Waals surface area contributed by atoms with Crippen LogP contribution in [0.1, 0.15) is 54.9 Å². The molecule has 0 atom stereocenters. The Bertz CT molecular complexity index is 1140. The molecule has 1 amide bonds. The predicted molar refractivity (Wildman–Crippen MR) is 126 cm³/mol. The van der Waals surface area contributed by atoms with Crippen LogP contribution in [0.5, 0.6) is 11.5 Å². The molecule has 33 heavy (non-hydrogen) atoms. The van der Waals surface area contributed by atoms with Crippen LogP contribution in [0.4, 0.5) is 0 Å². The van der Waals surface area contributed by atoms with E-state index in [0.29, 0.717) is 37.9 Å². The van der Waals surface area contributed by atoms with Gasteiger partial charge < -0.3 is 24.8 Å². The smallest absolute Gasteiger partial charge is 0.258 e. The predicted octanol–water partition coefficient (Wildman–Crippen LogP) is 3.73. The first-order valence-electron chi connectivity index (χ1n) is 11.4. The molecule has 0 unspecified atom stereocenters. The first-order valence-corrected chi connectivity index (χ1v) is 11.4. The highest BCUT2D eigenvalue weighted by Crippen LogP contribution is 2.32. The summed E-state index contributed by atoms with van der Waals surface area (Å²) in [4.78, 5) is 15.0. The Kier molecular flexibility index (Phi) is 6.85. The molecule has 2 aromatic carbocycles. The second-order valence-electron chi connectivity index (χ2n) is 9.00. The maximum absolute atomic E-state index is 13.3. The van der Waals surface area contributed by atoms with Crippen molar-refractivity contribution < 1.29 is 19.4 Å². The maximum Gasteiger partial charge on any atom is 0.258 e. The Labute approximate surface area is 193 Å². The number of hydrogen-bond acceptors (Lipinski definition) is 6. The van der Waals surface area contributed by atoms with Crippen molar-refractivity contribution in [2.45, 2.75) is 59.5 Å². The number of aromatic nitrogens is 2. The lowest BCUT2D eigenvalue weighted by Crippen LogP contribution is -2.27. The molecule has 176 valence electrons. The number of carbonyl (C=O) groups is 1. The third-order valence-corrected chi connectivity index (χ3v) is 5.65. The monoisotopic (exact) mass is 452 g/mol. The van der Waals surface area contributed by atoms with Gasteiger partial charge >= 0.3 is 0 Å². The summed E-state index contributed by atoms with van der Waals surface area (Å²) >= 11 is 0. The Hall–Kier alpha value is -3.10. The topological polar surface area (TPSA) is 99.7 Å². The molecule has 1 aliphatic heterocycles. The quantitative estimate of drug-likeness (QED) is 0.428. The van der Waals surface area contributed by atoms with E-state index in [0.717, 1.165) is 34.5 Å². The van der Waals surface area contributed by atoms with Gasteiger partial charge in [0.2, 0.25) is 0 Å². The van der Waals surface area contributed by atoms with Crippen LogP contribution >= 0.6 is 0 Å². The third-order valence-electron chi connectivity index (χ3n) is 5.65. The number of hydrogen-bond donors (Lipinski definition) is 3. The molecule has 0 saturated carbocycles. The van der Waals surface area contributed by atoms with Crippen molar-refractivity contribution in [3.8, 4) is 11.5 Å².